The van der Waals surface area contributed by atoms with E-state index in [1.807, 2.05) is 20.0 Å². The number of ether oxygens (including phenoxy) is 1. The highest BCUT2D eigenvalue weighted by atomic mass is 79.9. The Morgan fingerprint density at radius 2 is 2.14 bits per heavy atom. The molecule has 0 aliphatic carbocycles. The molecule has 1 aromatic carbocycles. The van der Waals surface area contributed by atoms with E-state index in [-0.39, 0.29) is 17.5 Å². The largest absolute Gasteiger partial charge is 0.432 e. The second-order valence-corrected chi connectivity index (χ2v) is 5.33. The van der Waals surface area contributed by atoms with Crippen molar-refractivity contribution in [1.29, 1.82) is 0 Å². The molecule has 1 unspecified atom stereocenters. The van der Waals surface area contributed by atoms with Gasteiger partial charge in [0.2, 0.25) is 11.6 Å². The number of pyridine rings is 1. The summed E-state index contributed by atoms with van der Waals surface area (Å²) in [4.78, 5) is 14.7. The first-order valence-corrected chi connectivity index (χ1v) is 7.05. The molecule has 1 heterocycles. The van der Waals surface area contributed by atoms with Gasteiger partial charge in [-0.3, -0.25) is 10.1 Å². The molecular formula is C14H14BrN3O3. The van der Waals surface area contributed by atoms with Gasteiger partial charge in [0.1, 0.15) is 0 Å². The number of nitrogens with one attached hydrogen (secondary N) is 1. The van der Waals surface area contributed by atoms with Gasteiger partial charge in [-0.1, -0.05) is 22.0 Å². The van der Waals surface area contributed by atoms with Crippen LogP contribution in [0.2, 0.25) is 0 Å². The van der Waals surface area contributed by atoms with Gasteiger partial charge in [-0.25, -0.2) is 4.98 Å². The van der Waals surface area contributed by atoms with E-state index in [4.69, 9.17) is 4.74 Å². The fourth-order valence-electron chi connectivity index (χ4n) is 1.71. The molecule has 0 bridgehead atoms. The summed E-state index contributed by atoms with van der Waals surface area (Å²) in [7, 11) is 1.86. The Morgan fingerprint density at radius 1 is 1.38 bits per heavy atom. The fraction of sp³-hybridized carbons (Fsp3) is 0.214. The number of hydrogen-bond acceptors (Lipinski definition) is 5. The number of nitro groups is 1. The van der Waals surface area contributed by atoms with Crippen molar-refractivity contribution in [3.63, 3.8) is 0 Å². The van der Waals surface area contributed by atoms with Crippen LogP contribution in [0.1, 0.15) is 18.5 Å². The predicted molar refractivity (Wildman–Crippen MR) is 82.6 cm³/mol. The summed E-state index contributed by atoms with van der Waals surface area (Å²) in [6.07, 6.45) is 1.68. The first-order chi connectivity index (χ1) is 10.0. The van der Waals surface area contributed by atoms with Crippen molar-refractivity contribution in [2.24, 2.45) is 0 Å². The van der Waals surface area contributed by atoms with E-state index in [1.165, 1.54) is 12.1 Å². The number of nitrogens with zero attached hydrogens (tertiary/aromatic N) is 2. The zero-order valence-electron chi connectivity index (χ0n) is 11.5. The van der Waals surface area contributed by atoms with E-state index in [0.717, 1.165) is 5.56 Å². The lowest BCUT2D eigenvalue weighted by molar-refractivity contribution is -0.385. The maximum Gasteiger partial charge on any atom is 0.312 e. The Morgan fingerprint density at radius 3 is 2.71 bits per heavy atom. The normalized spacial score (nSPS) is 12.0. The molecule has 7 heteroatoms. The van der Waals surface area contributed by atoms with Gasteiger partial charge < -0.3 is 10.1 Å². The van der Waals surface area contributed by atoms with Gasteiger partial charge in [-0.2, -0.15) is 0 Å². The van der Waals surface area contributed by atoms with Crippen LogP contribution in [0.5, 0.6) is 11.6 Å². The third kappa shape index (κ3) is 3.77. The van der Waals surface area contributed by atoms with Crippen LogP contribution < -0.4 is 10.1 Å². The number of hydrogen-bond donors (Lipinski definition) is 1. The summed E-state index contributed by atoms with van der Waals surface area (Å²) >= 11 is 3.20. The van der Waals surface area contributed by atoms with Crippen LogP contribution in [-0.4, -0.2) is 17.0 Å². The lowest BCUT2D eigenvalue weighted by atomic mass is 10.1. The smallest absolute Gasteiger partial charge is 0.312 e. The number of nitro benzene ring substituents is 1. The molecule has 110 valence electrons. The van der Waals surface area contributed by atoms with E-state index >= 15 is 0 Å². The number of rotatable bonds is 5. The van der Waals surface area contributed by atoms with Crippen molar-refractivity contribution in [3.05, 3.63) is 56.7 Å². The van der Waals surface area contributed by atoms with Gasteiger partial charge in [0.05, 0.1) is 4.92 Å². The minimum Gasteiger partial charge on any atom is -0.432 e. The summed E-state index contributed by atoms with van der Waals surface area (Å²) in [6, 6.07) is 8.34. The second-order valence-electron chi connectivity index (χ2n) is 4.41. The van der Waals surface area contributed by atoms with Gasteiger partial charge >= 0.3 is 5.69 Å². The van der Waals surface area contributed by atoms with Gasteiger partial charge in [0.15, 0.2) is 0 Å². The molecule has 2 aromatic rings. The lowest BCUT2D eigenvalue weighted by Crippen LogP contribution is -2.12. The number of halogens is 1. The fourth-order valence-corrected chi connectivity index (χ4v) is 2.06. The minimum atomic E-state index is -0.489. The summed E-state index contributed by atoms with van der Waals surface area (Å²) < 4.78 is 6.12. The quantitative estimate of drug-likeness (QED) is 0.654. The first-order valence-electron chi connectivity index (χ1n) is 6.26. The predicted octanol–water partition coefficient (Wildman–Crippen LogP) is 3.83. The molecule has 0 radical (unpaired) electrons. The van der Waals surface area contributed by atoms with E-state index in [1.54, 1.807) is 18.3 Å². The molecule has 0 amide bonds. The zero-order valence-corrected chi connectivity index (χ0v) is 13.1. The highest BCUT2D eigenvalue weighted by Gasteiger charge is 2.16. The Labute approximate surface area is 130 Å². The maximum absolute atomic E-state index is 11.0. The number of benzene rings is 1. The van der Waals surface area contributed by atoms with Gasteiger partial charge in [-0.15, -0.1) is 0 Å². The summed E-state index contributed by atoms with van der Waals surface area (Å²) in [5.41, 5.74) is 0.897. The molecule has 0 aliphatic rings. The third-order valence-corrected chi connectivity index (χ3v) is 3.52. The minimum absolute atomic E-state index is 0.112. The molecule has 1 N–H and O–H groups in total. The van der Waals surface area contributed by atoms with Crippen LogP contribution in [-0.2, 0) is 0 Å². The van der Waals surface area contributed by atoms with E-state index in [9.17, 15) is 10.1 Å². The molecule has 21 heavy (non-hydrogen) atoms. The average Bonchev–Trinajstić information content (AvgIpc) is 2.49. The summed E-state index contributed by atoms with van der Waals surface area (Å²) in [5.74, 6) is 0.470. The van der Waals surface area contributed by atoms with Crippen LogP contribution >= 0.6 is 15.9 Å². The van der Waals surface area contributed by atoms with Gasteiger partial charge in [-0.05, 0) is 31.7 Å². The molecule has 1 atom stereocenters. The molecule has 0 spiro atoms. The lowest BCUT2D eigenvalue weighted by Gasteiger charge is -2.11. The Kier molecular flexibility index (Phi) is 4.87. The Bertz CT molecular complexity index is 646. The van der Waals surface area contributed by atoms with Crippen LogP contribution in [0, 0.1) is 10.1 Å². The number of aromatic nitrogens is 1. The Hall–Kier alpha value is -1.99. The molecule has 0 saturated heterocycles. The molecule has 0 aliphatic heterocycles. The standard InChI is InChI=1S/C14H14BrN3O3/c1-9(16-2)10-3-6-14(17-8-10)21-13-5-4-11(15)7-12(13)18(19)20/h3-9,16H,1-2H3. The van der Waals surface area contributed by atoms with Crippen molar-refractivity contribution in [1.82, 2.24) is 10.3 Å². The highest BCUT2D eigenvalue weighted by Crippen LogP contribution is 2.33. The maximum atomic E-state index is 11.0. The molecule has 0 saturated carbocycles. The van der Waals surface area contributed by atoms with E-state index in [2.05, 4.69) is 26.2 Å². The zero-order chi connectivity index (χ0) is 15.4. The monoisotopic (exact) mass is 351 g/mol. The Balaban J connectivity index is 2.24. The second kappa shape index (κ2) is 6.64. The van der Waals surface area contributed by atoms with E-state index < -0.39 is 4.92 Å². The topological polar surface area (TPSA) is 77.3 Å². The van der Waals surface area contributed by atoms with Crippen LogP contribution in [0.25, 0.3) is 0 Å². The van der Waals surface area contributed by atoms with Crippen molar-refractivity contribution in [2.45, 2.75) is 13.0 Å². The van der Waals surface area contributed by atoms with Crippen molar-refractivity contribution >= 4 is 21.6 Å². The van der Waals surface area contributed by atoms with Crippen molar-refractivity contribution < 1.29 is 9.66 Å². The highest BCUT2D eigenvalue weighted by molar-refractivity contribution is 9.10. The van der Waals surface area contributed by atoms with E-state index in [0.29, 0.717) is 10.4 Å². The third-order valence-electron chi connectivity index (χ3n) is 3.02. The van der Waals surface area contributed by atoms with Crippen molar-refractivity contribution in [2.75, 3.05) is 7.05 Å². The molecule has 2 rings (SSSR count). The summed E-state index contributed by atoms with van der Waals surface area (Å²) in [5, 5.41) is 14.1. The molecule has 0 fully saturated rings. The first kappa shape index (κ1) is 15.4. The molecular weight excluding hydrogens is 338 g/mol. The van der Waals surface area contributed by atoms with Crippen LogP contribution in [0.4, 0.5) is 5.69 Å². The molecule has 1 aromatic heterocycles. The SMILES string of the molecule is CNC(C)c1ccc(Oc2ccc(Br)cc2[N+](=O)[O-])nc1. The van der Waals surface area contributed by atoms with Crippen molar-refractivity contribution in [3.8, 4) is 11.6 Å². The van der Waals surface area contributed by atoms with Gasteiger partial charge in [0.25, 0.3) is 0 Å². The van der Waals surface area contributed by atoms with Gasteiger partial charge in [0, 0.05) is 28.8 Å². The molecule has 6 nitrogen and oxygen atoms in total. The van der Waals surface area contributed by atoms with Crippen LogP contribution in [0.3, 0.4) is 0 Å². The average molecular weight is 352 g/mol. The summed E-state index contributed by atoms with van der Waals surface area (Å²) in [6.45, 7) is 2.01. The van der Waals surface area contributed by atoms with Crippen LogP contribution in [0.15, 0.2) is 41.0 Å².